The van der Waals surface area contributed by atoms with Crippen LogP contribution in [0.1, 0.15) is 25.1 Å². The Morgan fingerprint density at radius 1 is 1.57 bits per heavy atom. The molecule has 0 saturated heterocycles. The van der Waals surface area contributed by atoms with Crippen LogP contribution in [0.5, 0.6) is 0 Å². The topological polar surface area (TPSA) is 38.0 Å². The Morgan fingerprint density at radius 2 is 2.29 bits per heavy atom. The number of rotatable bonds is 5. The predicted octanol–water partition coefficient (Wildman–Crippen LogP) is 2.73. The number of nitrogens with one attached hydrogen (secondary N) is 1. The van der Waals surface area contributed by atoms with Crippen molar-refractivity contribution in [3.05, 3.63) is 20.8 Å². The van der Waals surface area contributed by atoms with Crippen LogP contribution in [0.15, 0.2) is 15.9 Å². The Hall–Kier alpha value is 0.100. The molecule has 0 spiro atoms. The summed E-state index contributed by atoms with van der Waals surface area (Å²) in [7, 11) is 0. The molecule has 3 N–H and O–H groups in total. The van der Waals surface area contributed by atoms with Gasteiger partial charge in [0.1, 0.15) is 0 Å². The van der Waals surface area contributed by atoms with Crippen LogP contribution in [0, 0.1) is 0 Å². The summed E-state index contributed by atoms with van der Waals surface area (Å²) in [6.07, 6.45) is 0.996. The van der Waals surface area contributed by atoms with Crippen molar-refractivity contribution in [1.82, 2.24) is 5.32 Å². The number of hydrogen-bond acceptors (Lipinski definition) is 3. The monoisotopic (exact) mass is 276 g/mol. The van der Waals surface area contributed by atoms with Gasteiger partial charge in [0, 0.05) is 21.4 Å². The second-order valence-corrected chi connectivity index (χ2v) is 5.96. The Balaban J connectivity index is 2.20. The van der Waals surface area contributed by atoms with E-state index in [0.717, 1.165) is 19.5 Å². The maximum atomic E-state index is 5.88. The van der Waals surface area contributed by atoms with Crippen molar-refractivity contribution in [3.8, 4) is 0 Å². The van der Waals surface area contributed by atoms with Gasteiger partial charge in [-0.25, -0.2) is 0 Å². The van der Waals surface area contributed by atoms with Gasteiger partial charge in [0.25, 0.3) is 0 Å². The molecule has 1 heterocycles. The first-order valence-corrected chi connectivity index (χ1v) is 6.38. The Labute approximate surface area is 98.0 Å². The predicted molar refractivity (Wildman–Crippen MR) is 66.6 cm³/mol. The van der Waals surface area contributed by atoms with Crippen molar-refractivity contribution >= 4 is 27.3 Å². The number of halogens is 1. The van der Waals surface area contributed by atoms with Gasteiger partial charge < -0.3 is 11.1 Å². The van der Waals surface area contributed by atoms with E-state index in [9.17, 15) is 0 Å². The largest absolute Gasteiger partial charge is 0.326 e. The van der Waals surface area contributed by atoms with E-state index in [0.29, 0.717) is 0 Å². The van der Waals surface area contributed by atoms with Gasteiger partial charge in [0.2, 0.25) is 0 Å². The van der Waals surface area contributed by atoms with E-state index >= 15 is 0 Å². The minimum Gasteiger partial charge on any atom is -0.326 e. The molecule has 0 aliphatic heterocycles. The summed E-state index contributed by atoms with van der Waals surface area (Å²) in [6, 6.07) is 2.08. The van der Waals surface area contributed by atoms with Crippen molar-refractivity contribution in [2.45, 2.75) is 32.4 Å². The molecule has 0 fully saturated rings. The van der Waals surface area contributed by atoms with Crippen LogP contribution in [0.2, 0.25) is 0 Å². The van der Waals surface area contributed by atoms with Crippen LogP contribution < -0.4 is 11.1 Å². The first-order chi connectivity index (χ1) is 6.49. The normalized spacial score (nSPS) is 12.0. The minimum absolute atomic E-state index is 0.0698. The molecule has 1 aromatic rings. The molecule has 0 saturated carbocycles. The number of nitrogens with two attached hydrogens (primary N) is 1. The molecule has 80 valence electrons. The number of thiophene rings is 1. The lowest BCUT2D eigenvalue weighted by atomic mass is 10.0. The summed E-state index contributed by atoms with van der Waals surface area (Å²) in [4.78, 5) is 1.35. The first-order valence-electron chi connectivity index (χ1n) is 4.70. The third-order valence-corrected chi connectivity index (χ3v) is 3.85. The Kier molecular flexibility index (Phi) is 4.57. The van der Waals surface area contributed by atoms with Crippen LogP contribution in [0.3, 0.4) is 0 Å². The lowest BCUT2D eigenvalue weighted by Gasteiger charge is -2.18. The quantitative estimate of drug-likeness (QED) is 0.812. The summed E-state index contributed by atoms with van der Waals surface area (Å²) in [6.45, 7) is 5.99. The molecule has 14 heavy (non-hydrogen) atoms. The zero-order valence-corrected chi connectivity index (χ0v) is 11.0. The highest BCUT2D eigenvalue weighted by atomic mass is 79.9. The molecule has 1 rings (SSSR count). The van der Waals surface area contributed by atoms with Gasteiger partial charge in [0.05, 0.1) is 0 Å². The van der Waals surface area contributed by atoms with Crippen molar-refractivity contribution in [3.63, 3.8) is 0 Å². The summed E-state index contributed by atoms with van der Waals surface area (Å²) in [5.41, 5.74) is 5.81. The van der Waals surface area contributed by atoms with Gasteiger partial charge in [-0.1, -0.05) is 0 Å². The van der Waals surface area contributed by atoms with Crippen LogP contribution in [-0.2, 0) is 6.54 Å². The van der Waals surface area contributed by atoms with Crippen molar-refractivity contribution in [2.75, 3.05) is 6.54 Å². The highest BCUT2D eigenvalue weighted by Crippen LogP contribution is 2.22. The highest BCUT2D eigenvalue weighted by molar-refractivity contribution is 9.10. The molecule has 0 aliphatic rings. The van der Waals surface area contributed by atoms with E-state index in [1.165, 1.54) is 9.35 Å². The molecule has 0 bridgehead atoms. The maximum absolute atomic E-state index is 5.88. The van der Waals surface area contributed by atoms with Crippen molar-refractivity contribution in [1.29, 1.82) is 0 Å². The Morgan fingerprint density at radius 3 is 2.79 bits per heavy atom. The molecular weight excluding hydrogens is 260 g/mol. The molecule has 0 unspecified atom stereocenters. The first kappa shape index (κ1) is 12.2. The van der Waals surface area contributed by atoms with Gasteiger partial charge in [-0.05, 0) is 54.2 Å². The molecule has 0 atom stereocenters. The molecule has 0 radical (unpaired) electrons. The fourth-order valence-corrected chi connectivity index (χ4v) is 2.53. The third kappa shape index (κ3) is 4.55. The lowest BCUT2D eigenvalue weighted by molar-refractivity contribution is 0.455. The van der Waals surface area contributed by atoms with Gasteiger partial charge >= 0.3 is 0 Å². The minimum atomic E-state index is -0.0698. The van der Waals surface area contributed by atoms with Crippen LogP contribution in [0.25, 0.3) is 0 Å². The second-order valence-electron chi connectivity index (χ2n) is 4.11. The van der Waals surface area contributed by atoms with E-state index in [1.807, 2.05) is 0 Å². The second kappa shape index (κ2) is 5.26. The fourth-order valence-electron chi connectivity index (χ4n) is 1.06. The molecule has 0 aromatic carbocycles. The van der Waals surface area contributed by atoms with E-state index in [1.54, 1.807) is 11.3 Å². The van der Waals surface area contributed by atoms with Crippen molar-refractivity contribution < 1.29 is 0 Å². The van der Waals surface area contributed by atoms with E-state index in [4.69, 9.17) is 5.73 Å². The van der Waals surface area contributed by atoms with Crippen LogP contribution >= 0.6 is 27.3 Å². The Bertz CT molecular complexity index is 278. The zero-order valence-electron chi connectivity index (χ0n) is 8.64. The molecule has 0 aliphatic carbocycles. The summed E-state index contributed by atoms with van der Waals surface area (Å²) < 4.78 is 1.20. The summed E-state index contributed by atoms with van der Waals surface area (Å²) in [5.74, 6) is 0. The smallest absolute Gasteiger partial charge is 0.0327 e. The third-order valence-electron chi connectivity index (χ3n) is 1.92. The molecule has 0 amide bonds. The van der Waals surface area contributed by atoms with Gasteiger partial charge in [-0.3, -0.25) is 0 Å². The number of hydrogen-bond donors (Lipinski definition) is 2. The summed E-state index contributed by atoms with van der Waals surface area (Å²) in [5, 5.41) is 5.48. The summed E-state index contributed by atoms with van der Waals surface area (Å²) >= 11 is 5.27. The van der Waals surface area contributed by atoms with E-state index in [-0.39, 0.29) is 5.54 Å². The van der Waals surface area contributed by atoms with E-state index < -0.39 is 0 Å². The average Bonchev–Trinajstić information content (AvgIpc) is 2.44. The van der Waals surface area contributed by atoms with Crippen LogP contribution in [0.4, 0.5) is 0 Å². The van der Waals surface area contributed by atoms with Crippen LogP contribution in [-0.4, -0.2) is 12.1 Å². The molecule has 2 nitrogen and oxygen atoms in total. The van der Waals surface area contributed by atoms with Gasteiger partial charge in [0.15, 0.2) is 0 Å². The molecular formula is C10H17BrN2S. The molecule has 1 aromatic heterocycles. The fraction of sp³-hybridized carbons (Fsp3) is 0.600. The lowest BCUT2D eigenvalue weighted by Crippen LogP contribution is -2.35. The van der Waals surface area contributed by atoms with Gasteiger partial charge in [-0.2, -0.15) is 0 Å². The maximum Gasteiger partial charge on any atom is 0.0327 e. The highest BCUT2D eigenvalue weighted by Gasteiger charge is 2.09. The molecule has 4 heteroatoms. The van der Waals surface area contributed by atoms with Gasteiger partial charge in [-0.15, -0.1) is 11.3 Å². The van der Waals surface area contributed by atoms with E-state index in [2.05, 4.69) is 46.5 Å². The average molecular weight is 277 g/mol. The van der Waals surface area contributed by atoms with Crippen molar-refractivity contribution in [2.24, 2.45) is 5.73 Å². The SMILES string of the molecule is CC(C)(N)CCNCc1sccc1Br. The standard InChI is InChI=1S/C10H17BrN2S/c1-10(2,12)4-5-13-7-9-8(11)3-6-14-9/h3,6,13H,4-5,7,12H2,1-2H3. The zero-order chi connectivity index (χ0) is 10.6.